The fourth-order valence-electron chi connectivity index (χ4n) is 2.72. The van der Waals surface area contributed by atoms with Crippen molar-refractivity contribution >= 4 is 40.4 Å². The standard InChI is InChI=1S/C17H18Cl2N2OS/c1-2-3-16-20-14-6-7-21(10-15(14)23-16)17(22)9-11-4-5-12(18)13(19)8-11/h4-5,8H,2-3,6-7,9-10H2,1H3. The second-order valence-corrected chi connectivity index (χ2v) is 7.70. The van der Waals surface area contributed by atoms with Crippen molar-refractivity contribution in [1.82, 2.24) is 9.88 Å². The molecule has 1 aliphatic rings. The van der Waals surface area contributed by atoms with Crippen LogP contribution in [-0.4, -0.2) is 22.3 Å². The molecule has 0 bridgehead atoms. The summed E-state index contributed by atoms with van der Waals surface area (Å²) < 4.78 is 0. The minimum atomic E-state index is 0.125. The summed E-state index contributed by atoms with van der Waals surface area (Å²) >= 11 is 13.7. The van der Waals surface area contributed by atoms with Crippen molar-refractivity contribution in [3.05, 3.63) is 49.4 Å². The third-order valence-corrected chi connectivity index (χ3v) is 5.81. The fraction of sp³-hybridized carbons (Fsp3) is 0.412. The van der Waals surface area contributed by atoms with E-state index in [1.165, 1.54) is 15.6 Å². The van der Waals surface area contributed by atoms with Gasteiger partial charge in [-0.25, -0.2) is 4.98 Å². The number of amides is 1. The molecule has 2 heterocycles. The molecule has 0 aliphatic carbocycles. The number of carbonyl (C=O) groups excluding carboxylic acids is 1. The zero-order valence-electron chi connectivity index (χ0n) is 12.9. The van der Waals surface area contributed by atoms with Gasteiger partial charge in [-0.2, -0.15) is 0 Å². The van der Waals surface area contributed by atoms with Crippen molar-refractivity contribution in [2.45, 2.75) is 39.2 Å². The summed E-state index contributed by atoms with van der Waals surface area (Å²) in [4.78, 5) is 20.4. The van der Waals surface area contributed by atoms with Gasteiger partial charge in [0.2, 0.25) is 5.91 Å². The van der Waals surface area contributed by atoms with Crippen LogP contribution in [0.15, 0.2) is 18.2 Å². The van der Waals surface area contributed by atoms with Gasteiger partial charge < -0.3 is 4.90 Å². The predicted molar refractivity (Wildman–Crippen MR) is 95.4 cm³/mol. The molecule has 1 amide bonds. The highest BCUT2D eigenvalue weighted by molar-refractivity contribution is 7.11. The van der Waals surface area contributed by atoms with Crippen LogP contribution in [0.4, 0.5) is 0 Å². The van der Waals surface area contributed by atoms with Crippen molar-refractivity contribution in [2.24, 2.45) is 0 Å². The number of benzene rings is 1. The smallest absolute Gasteiger partial charge is 0.227 e. The molecule has 6 heteroatoms. The van der Waals surface area contributed by atoms with Crippen LogP contribution in [0.25, 0.3) is 0 Å². The second kappa shape index (κ2) is 7.20. The van der Waals surface area contributed by atoms with Crippen LogP contribution in [0, 0.1) is 0 Å². The number of nitrogens with zero attached hydrogens (tertiary/aromatic N) is 2. The molecule has 1 aromatic carbocycles. The number of aryl methyl sites for hydroxylation is 1. The lowest BCUT2D eigenvalue weighted by Gasteiger charge is -2.26. The molecular formula is C17H18Cl2N2OS. The number of aromatic nitrogens is 1. The van der Waals surface area contributed by atoms with Crippen LogP contribution < -0.4 is 0 Å². The number of rotatable bonds is 4. The molecule has 0 radical (unpaired) electrons. The normalized spacial score (nSPS) is 14.0. The molecule has 3 nitrogen and oxygen atoms in total. The van der Waals surface area contributed by atoms with Gasteiger partial charge in [-0.05, 0) is 30.5 Å². The Morgan fingerprint density at radius 1 is 1.35 bits per heavy atom. The van der Waals surface area contributed by atoms with Crippen molar-refractivity contribution in [3.63, 3.8) is 0 Å². The highest BCUT2D eigenvalue weighted by atomic mass is 35.5. The highest BCUT2D eigenvalue weighted by Crippen LogP contribution is 2.27. The van der Waals surface area contributed by atoms with Crippen molar-refractivity contribution < 1.29 is 4.79 Å². The average Bonchev–Trinajstić information content (AvgIpc) is 2.92. The maximum absolute atomic E-state index is 12.5. The van der Waals surface area contributed by atoms with E-state index in [1.807, 2.05) is 11.0 Å². The molecule has 1 aromatic heterocycles. The molecule has 0 saturated carbocycles. The summed E-state index contributed by atoms with van der Waals surface area (Å²) in [5.41, 5.74) is 2.07. The van der Waals surface area contributed by atoms with Gasteiger partial charge in [-0.1, -0.05) is 36.2 Å². The van der Waals surface area contributed by atoms with Gasteiger partial charge in [-0.3, -0.25) is 4.79 Å². The Hall–Kier alpha value is -1.10. The van der Waals surface area contributed by atoms with E-state index in [-0.39, 0.29) is 5.91 Å². The molecule has 23 heavy (non-hydrogen) atoms. The topological polar surface area (TPSA) is 33.2 Å². The molecule has 0 unspecified atom stereocenters. The minimum absolute atomic E-state index is 0.125. The number of carbonyl (C=O) groups is 1. The lowest BCUT2D eigenvalue weighted by atomic mass is 10.1. The molecule has 122 valence electrons. The van der Waals surface area contributed by atoms with Crippen LogP contribution in [-0.2, 0) is 30.6 Å². The first-order valence-electron chi connectivity index (χ1n) is 7.76. The van der Waals surface area contributed by atoms with Crippen LogP contribution in [0.3, 0.4) is 0 Å². The second-order valence-electron chi connectivity index (χ2n) is 5.72. The van der Waals surface area contributed by atoms with Gasteiger partial charge in [0.1, 0.15) is 0 Å². The van der Waals surface area contributed by atoms with E-state index in [1.54, 1.807) is 23.5 Å². The number of hydrogen-bond acceptors (Lipinski definition) is 3. The lowest BCUT2D eigenvalue weighted by molar-refractivity contribution is -0.131. The molecular weight excluding hydrogens is 351 g/mol. The van der Waals surface area contributed by atoms with Crippen LogP contribution in [0.5, 0.6) is 0 Å². The van der Waals surface area contributed by atoms with Gasteiger partial charge in [0.25, 0.3) is 0 Å². The SMILES string of the molecule is CCCc1nc2c(s1)CN(C(=O)Cc1ccc(Cl)c(Cl)c1)CC2. The molecule has 0 spiro atoms. The van der Waals surface area contributed by atoms with Crippen LogP contribution in [0.2, 0.25) is 10.0 Å². The minimum Gasteiger partial charge on any atom is -0.337 e. The summed E-state index contributed by atoms with van der Waals surface area (Å²) in [6.45, 7) is 3.58. The Balaban J connectivity index is 1.67. The predicted octanol–water partition coefficient (Wildman–Crippen LogP) is 4.53. The quantitative estimate of drug-likeness (QED) is 0.793. The molecule has 0 saturated heterocycles. The maximum atomic E-state index is 12.5. The Kier molecular flexibility index (Phi) is 5.24. The third kappa shape index (κ3) is 3.87. The summed E-state index contributed by atoms with van der Waals surface area (Å²) in [6, 6.07) is 5.36. The fourth-order valence-corrected chi connectivity index (χ4v) is 4.27. The third-order valence-electron chi connectivity index (χ3n) is 3.93. The number of halogens is 2. The molecule has 0 N–H and O–H groups in total. The number of hydrogen-bond donors (Lipinski definition) is 0. The van der Waals surface area contributed by atoms with Crippen LogP contribution in [0.1, 0.15) is 34.5 Å². The summed E-state index contributed by atoms with van der Waals surface area (Å²) in [5, 5.41) is 2.19. The summed E-state index contributed by atoms with van der Waals surface area (Å²) in [7, 11) is 0. The van der Waals surface area contributed by atoms with Gasteiger partial charge in [-0.15, -0.1) is 11.3 Å². The molecule has 3 rings (SSSR count). The molecule has 0 atom stereocenters. The Morgan fingerprint density at radius 2 is 2.17 bits per heavy atom. The first-order valence-corrected chi connectivity index (χ1v) is 9.33. The first-order chi connectivity index (χ1) is 11.1. The number of thiazole rings is 1. The monoisotopic (exact) mass is 368 g/mol. The molecule has 1 aliphatic heterocycles. The zero-order chi connectivity index (χ0) is 16.4. The molecule has 2 aromatic rings. The van der Waals surface area contributed by atoms with E-state index >= 15 is 0 Å². The largest absolute Gasteiger partial charge is 0.337 e. The Labute approximate surface area is 150 Å². The maximum Gasteiger partial charge on any atom is 0.227 e. The summed E-state index contributed by atoms with van der Waals surface area (Å²) in [6.07, 6.45) is 3.33. The average molecular weight is 369 g/mol. The van der Waals surface area contributed by atoms with Crippen LogP contribution >= 0.6 is 34.5 Å². The van der Waals surface area contributed by atoms with E-state index in [9.17, 15) is 4.79 Å². The van der Waals surface area contributed by atoms with E-state index in [4.69, 9.17) is 23.2 Å². The van der Waals surface area contributed by atoms with Gasteiger partial charge in [0.15, 0.2) is 0 Å². The van der Waals surface area contributed by atoms with Crippen molar-refractivity contribution in [2.75, 3.05) is 6.54 Å². The number of fused-ring (bicyclic) bond motifs is 1. The summed E-state index contributed by atoms with van der Waals surface area (Å²) in [5.74, 6) is 0.125. The van der Waals surface area contributed by atoms with E-state index < -0.39 is 0 Å². The zero-order valence-corrected chi connectivity index (χ0v) is 15.3. The van der Waals surface area contributed by atoms with E-state index in [2.05, 4.69) is 11.9 Å². The first kappa shape index (κ1) is 16.7. The highest BCUT2D eigenvalue weighted by Gasteiger charge is 2.24. The van der Waals surface area contributed by atoms with Crippen molar-refractivity contribution in [3.8, 4) is 0 Å². The van der Waals surface area contributed by atoms with E-state index in [0.29, 0.717) is 23.0 Å². The van der Waals surface area contributed by atoms with Gasteiger partial charge >= 0.3 is 0 Å². The van der Waals surface area contributed by atoms with Gasteiger partial charge in [0, 0.05) is 17.8 Å². The Bertz CT molecular complexity index is 729. The lowest BCUT2D eigenvalue weighted by Crippen LogP contribution is -2.36. The van der Waals surface area contributed by atoms with E-state index in [0.717, 1.165) is 31.4 Å². The Morgan fingerprint density at radius 3 is 2.91 bits per heavy atom. The van der Waals surface area contributed by atoms with Crippen molar-refractivity contribution in [1.29, 1.82) is 0 Å². The molecule has 0 fully saturated rings. The van der Waals surface area contributed by atoms with Gasteiger partial charge in [0.05, 0.1) is 33.7 Å².